The summed E-state index contributed by atoms with van der Waals surface area (Å²) in [4.78, 5) is 31.4. The van der Waals surface area contributed by atoms with Crippen molar-refractivity contribution in [1.29, 1.82) is 0 Å². The molecule has 3 aromatic rings. The molecule has 0 saturated carbocycles. The van der Waals surface area contributed by atoms with Gasteiger partial charge in [-0.15, -0.1) is 0 Å². The minimum absolute atomic E-state index is 0.0789. The predicted molar refractivity (Wildman–Crippen MR) is 99.7 cm³/mol. The van der Waals surface area contributed by atoms with Crippen LogP contribution in [0.5, 0.6) is 5.75 Å². The summed E-state index contributed by atoms with van der Waals surface area (Å²) in [6.45, 7) is 3.92. The molecule has 0 aliphatic heterocycles. The van der Waals surface area contributed by atoms with Crippen molar-refractivity contribution in [3.8, 4) is 5.75 Å². The van der Waals surface area contributed by atoms with Gasteiger partial charge in [0.05, 0.1) is 0 Å². The van der Waals surface area contributed by atoms with E-state index in [1.807, 2.05) is 62.4 Å². The monoisotopic (exact) mass is 348 g/mol. The normalized spacial score (nSPS) is 10.7. The molecule has 0 amide bonds. The number of hydrogen-bond donors (Lipinski definition) is 2. The molecule has 0 saturated heterocycles. The van der Waals surface area contributed by atoms with E-state index in [4.69, 9.17) is 0 Å². The molecule has 132 valence electrons. The Morgan fingerprint density at radius 3 is 2.31 bits per heavy atom. The first-order valence-electron chi connectivity index (χ1n) is 8.39. The summed E-state index contributed by atoms with van der Waals surface area (Å²) >= 11 is 0. The van der Waals surface area contributed by atoms with Gasteiger partial charge < -0.3 is 10.1 Å². The van der Waals surface area contributed by atoms with Gasteiger partial charge in [-0.3, -0.25) is 9.59 Å². The van der Waals surface area contributed by atoms with E-state index < -0.39 is 11.3 Å². The third-order valence-electron chi connectivity index (χ3n) is 4.11. The first-order chi connectivity index (χ1) is 12.4. The Morgan fingerprint density at radius 1 is 1.04 bits per heavy atom. The fraction of sp³-hybridized carbons (Fsp3) is 0.190. The number of Topliss-reactive ketones (excluding diaryl/α,β-unsaturated/α-hetero) is 1. The number of carbonyl (C=O) groups excluding carboxylic acids is 1. The highest BCUT2D eigenvalue weighted by atomic mass is 16.3. The lowest BCUT2D eigenvalue weighted by Gasteiger charge is -2.07. The smallest absolute Gasteiger partial charge is 0.293 e. The van der Waals surface area contributed by atoms with Gasteiger partial charge in [0.25, 0.3) is 5.56 Å². The fourth-order valence-corrected chi connectivity index (χ4v) is 2.90. The van der Waals surface area contributed by atoms with E-state index in [0.29, 0.717) is 12.2 Å². The molecule has 0 bridgehead atoms. The van der Waals surface area contributed by atoms with Crippen LogP contribution in [0.15, 0.2) is 53.3 Å². The number of ketones is 1. The van der Waals surface area contributed by atoms with E-state index in [2.05, 4.69) is 9.97 Å². The quantitative estimate of drug-likeness (QED) is 0.694. The maximum Gasteiger partial charge on any atom is 0.293 e. The number of aromatic amines is 1. The van der Waals surface area contributed by atoms with Crippen LogP contribution in [-0.4, -0.2) is 20.9 Å². The van der Waals surface area contributed by atoms with Crippen molar-refractivity contribution in [2.75, 3.05) is 0 Å². The predicted octanol–water partition coefficient (Wildman–Crippen LogP) is 3.11. The maximum atomic E-state index is 12.6. The largest absolute Gasteiger partial charge is 0.501 e. The van der Waals surface area contributed by atoms with Crippen molar-refractivity contribution >= 4 is 5.78 Å². The summed E-state index contributed by atoms with van der Waals surface area (Å²) in [6, 6.07) is 15.4. The van der Waals surface area contributed by atoms with Crippen molar-refractivity contribution in [2.45, 2.75) is 26.7 Å². The Bertz CT molecular complexity index is 1020. The molecule has 26 heavy (non-hydrogen) atoms. The van der Waals surface area contributed by atoms with Gasteiger partial charge >= 0.3 is 0 Å². The summed E-state index contributed by atoms with van der Waals surface area (Å²) in [5, 5.41) is 10.0. The SMILES string of the molecule is Cc1cccc(CC(=O)c2nc(Cc3cccc(C)c3)[nH]c(=O)c2O)c1. The van der Waals surface area contributed by atoms with Gasteiger partial charge in [-0.05, 0) is 25.0 Å². The fourth-order valence-electron chi connectivity index (χ4n) is 2.90. The highest BCUT2D eigenvalue weighted by molar-refractivity contribution is 5.97. The summed E-state index contributed by atoms with van der Waals surface area (Å²) in [6.07, 6.45) is 0.456. The Morgan fingerprint density at radius 2 is 1.65 bits per heavy atom. The van der Waals surface area contributed by atoms with Gasteiger partial charge in [0.1, 0.15) is 5.82 Å². The zero-order valence-electron chi connectivity index (χ0n) is 14.7. The zero-order valence-corrected chi connectivity index (χ0v) is 14.7. The van der Waals surface area contributed by atoms with Crippen molar-refractivity contribution < 1.29 is 9.90 Å². The first-order valence-corrected chi connectivity index (χ1v) is 8.39. The molecular formula is C21H20N2O3. The number of nitrogens with zero attached hydrogens (tertiary/aromatic N) is 1. The van der Waals surface area contributed by atoms with Crippen molar-refractivity contribution in [3.05, 3.63) is 92.7 Å². The Labute approximate surface area is 151 Å². The molecule has 0 spiro atoms. The van der Waals surface area contributed by atoms with Crippen LogP contribution in [0.2, 0.25) is 0 Å². The van der Waals surface area contributed by atoms with E-state index in [0.717, 1.165) is 22.3 Å². The zero-order chi connectivity index (χ0) is 18.7. The van der Waals surface area contributed by atoms with Crippen LogP contribution in [0.4, 0.5) is 0 Å². The molecule has 2 aromatic carbocycles. The molecule has 2 N–H and O–H groups in total. The standard InChI is InChI=1S/C21H20N2O3/c1-13-5-3-7-15(9-13)11-17(24)19-20(25)21(26)23-18(22-19)12-16-8-4-6-14(2)10-16/h3-10,25H,11-12H2,1-2H3,(H,22,23,26). The third-order valence-corrected chi connectivity index (χ3v) is 4.11. The number of aromatic hydroxyl groups is 1. The Hall–Kier alpha value is -3.21. The lowest BCUT2D eigenvalue weighted by Crippen LogP contribution is -2.18. The number of hydrogen-bond acceptors (Lipinski definition) is 4. The average Bonchev–Trinajstić information content (AvgIpc) is 2.58. The van der Waals surface area contributed by atoms with Crippen LogP contribution >= 0.6 is 0 Å². The molecule has 1 aromatic heterocycles. The van der Waals surface area contributed by atoms with Gasteiger partial charge in [0, 0.05) is 12.8 Å². The average molecular weight is 348 g/mol. The van der Waals surface area contributed by atoms with Crippen molar-refractivity contribution in [2.24, 2.45) is 0 Å². The van der Waals surface area contributed by atoms with Gasteiger partial charge in [0.2, 0.25) is 5.75 Å². The van der Waals surface area contributed by atoms with Crippen LogP contribution in [0.3, 0.4) is 0 Å². The minimum Gasteiger partial charge on any atom is -0.501 e. The van der Waals surface area contributed by atoms with E-state index in [1.54, 1.807) is 0 Å². The number of aryl methyl sites for hydroxylation is 2. The second-order valence-corrected chi connectivity index (χ2v) is 6.46. The molecule has 0 unspecified atom stereocenters. The molecular weight excluding hydrogens is 328 g/mol. The highest BCUT2D eigenvalue weighted by Gasteiger charge is 2.18. The van der Waals surface area contributed by atoms with Crippen LogP contribution in [0.25, 0.3) is 0 Å². The van der Waals surface area contributed by atoms with E-state index in [-0.39, 0.29) is 17.9 Å². The molecule has 5 heteroatoms. The molecule has 3 rings (SSSR count). The molecule has 0 aliphatic rings. The number of benzene rings is 2. The second-order valence-electron chi connectivity index (χ2n) is 6.46. The van der Waals surface area contributed by atoms with Gasteiger partial charge in [-0.2, -0.15) is 0 Å². The molecule has 0 aliphatic carbocycles. The third kappa shape index (κ3) is 4.06. The van der Waals surface area contributed by atoms with Gasteiger partial charge in [-0.25, -0.2) is 4.98 Å². The number of nitrogens with one attached hydrogen (secondary N) is 1. The van der Waals surface area contributed by atoms with Crippen LogP contribution in [0.1, 0.15) is 38.6 Å². The summed E-state index contributed by atoms with van der Waals surface area (Å²) in [5.41, 5.74) is 3.04. The summed E-state index contributed by atoms with van der Waals surface area (Å²) in [5.74, 6) is -0.661. The molecule has 0 atom stereocenters. The van der Waals surface area contributed by atoms with E-state index >= 15 is 0 Å². The Kier molecular flexibility index (Phi) is 4.98. The van der Waals surface area contributed by atoms with E-state index in [1.165, 1.54) is 0 Å². The van der Waals surface area contributed by atoms with E-state index in [9.17, 15) is 14.7 Å². The summed E-state index contributed by atoms with van der Waals surface area (Å²) in [7, 11) is 0. The second kappa shape index (κ2) is 7.35. The summed E-state index contributed by atoms with van der Waals surface area (Å²) < 4.78 is 0. The topological polar surface area (TPSA) is 83.0 Å². The highest BCUT2D eigenvalue weighted by Crippen LogP contribution is 2.15. The molecule has 5 nitrogen and oxygen atoms in total. The van der Waals surface area contributed by atoms with Gasteiger partial charge in [0.15, 0.2) is 11.5 Å². The Balaban J connectivity index is 1.90. The van der Waals surface area contributed by atoms with Crippen molar-refractivity contribution in [1.82, 2.24) is 9.97 Å². The lowest BCUT2D eigenvalue weighted by atomic mass is 10.0. The molecule has 0 fully saturated rings. The molecule has 0 radical (unpaired) electrons. The number of rotatable bonds is 5. The number of H-pyrrole nitrogens is 1. The molecule has 1 heterocycles. The number of aromatic nitrogens is 2. The van der Waals surface area contributed by atoms with Crippen LogP contribution in [-0.2, 0) is 12.8 Å². The number of carbonyl (C=O) groups is 1. The lowest BCUT2D eigenvalue weighted by molar-refractivity contribution is 0.0984. The maximum absolute atomic E-state index is 12.6. The van der Waals surface area contributed by atoms with Crippen molar-refractivity contribution in [3.63, 3.8) is 0 Å². The van der Waals surface area contributed by atoms with Gasteiger partial charge in [-0.1, -0.05) is 59.7 Å². The van der Waals surface area contributed by atoms with Crippen LogP contribution < -0.4 is 5.56 Å². The first kappa shape index (κ1) is 17.6. The minimum atomic E-state index is -0.699. The van der Waals surface area contributed by atoms with Crippen LogP contribution in [0, 0.1) is 13.8 Å².